The van der Waals surface area contributed by atoms with Gasteiger partial charge >= 0.3 is 0 Å². The van der Waals surface area contributed by atoms with Gasteiger partial charge in [-0.15, -0.1) is 0 Å². The summed E-state index contributed by atoms with van der Waals surface area (Å²) in [6, 6.07) is 13.3. The first-order valence-corrected chi connectivity index (χ1v) is 14.8. The summed E-state index contributed by atoms with van der Waals surface area (Å²) in [4.78, 5) is 28.6. The molecule has 0 aliphatic heterocycles. The molecule has 37 heavy (non-hydrogen) atoms. The fourth-order valence-electron chi connectivity index (χ4n) is 4.67. The van der Waals surface area contributed by atoms with E-state index >= 15 is 0 Å². The first kappa shape index (κ1) is 28.8. The average Bonchev–Trinajstić information content (AvgIpc) is 2.87. The van der Waals surface area contributed by atoms with E-state index in [1.165, 1.54) is 30.6 Å². The highest BCUT2D eigenvalue weighted by Gasteiger charge is 2.33. The maximum atomic E-state index is 13.8. The topological polar surface area (TPSA) is 96.0 Å². The van der Waals surface area contributed by atoms with Crippen molar-refractivity contribution in [2.45, 2.75) is 64.1 Å². The number of halogens is 1. The van der Waals surface area contributed by atoms with Crippen molar-refractivity contribution in [3.05, 3.63) is 59.1 Å². The maximum Gasteiger partial charge on any atom is 0.244 e. The molecule has 0 spiro atoms. The predicted molar refractivity (Wildman–Crippen MR) is 146 cm³/mol. The van der Waals surface area contributed by atoms with Gasteiger partial charge in [0.25, 0.3) is 0 Å². The van der Waals surface area contributed by atoms with Crippen LogP contribution in [0.4, 0.5) is 5.69 Å². The van der Waals surface area contributed by atoms with Crippen molar-refractivity contribution in [3.63, 3.8) is 0 Å². The van der Waals surface area contributed by atoms with E-state index < -0.39 is 28.5 Å². The van der Waals surface area contributed by atoms with E-state index in [-0.39, 0.29) is 29.2 Å². The van der Waals surface area contributed by atoms with E-state index in [1.54, 1.807) is 6.07 Å². The van der Waals surface area contributed by atoms with E-state index in [4.69, 9.17) is 16.3 Å². The van der Waals surface area contributed by atoms with Gasteiger partial charge in [-0.05, 0) is 43.0 Å². The van der Waals surface area contributed by atoms with Crippen molar-refractivity contribution in [2.75, 3.05) is 24.2 Å². The molecule has 1 aliphatic rings. The number of sulfonamides is 1. The first-order chi connectivity index (χ1) is 17.6. The molecule has 2 amide bonds. The Hall–Kier alpha value is -2.78. The standard InChI is InChI=1S/C27H36ClN3O5S/c1-4-24(27(33)29-21-13-9-6-10-14-21)30(18-20-11-7-5-8-12-20)26(32)19-31(37(3,34)35)22-15-16-25(36-2)23(28)17-22/h5,7-8,11-12,15-17,21,24H,4,6,9-10,13-14,18-19H2,1-3H3,(H,29,33)/t24-/m0/s1. The number of rotatable bonds is 11. The number of anilines is 1. The Balaban J connectivity index is 1.91. The SMILES string of the molecule is CC[C@@H](C(=O)NC1CCCCC1)N(Cc1ccccc1)C(=O)CN(c1ccc(OC)c(Cl)c1)S(C)(=O)=O. The van der Waals surface area contributed by atoms with E-state index in [0.717, 1.165) is 41.8 Å². The lowest BCUT2D eigenvalue weighted by Crippen LogP contribution is -2.53. The third-order valence-electron chi connectivity index (χ3n) is 6.64. The zero-order chi connectivity index (χ0) is 27.0. The minimum Gasteiger partial charge on any atom is -0.495 e. The van der Waals surface area contributed by atoms with Crippen LogP contribution in [0.5, 0.6) is 5.75 Å². The number of benzene rings is 2. The van der Waals surface area contributed by atoms with Crippen LogP contribution in [0.3, 0.4) is 0 Å². The molecular weight excluding hydrogens is 514 g/mol. The molecule has 2 aromatic carbocycles. The van der Waals surface area contributed by atoms with E-state index in [1.807, 2.05) is 37.3 Å². The molecule has 1 atom stereocenters. The molecule has 0 bridgehead atoms. The summed E-state index contributed by atoms with van der Waals surface area (Å²) in [7, 11) is -2.38. The van der Waals surface area contributed by atoms with Crippen LogP contribution in [0.25, 0.3) is 0 Å². The van der Waals surface area contributed by atoms with Gasteiger partial charge in [0.15, 0.2) is 0 Å². The summed E-state index contributed by atoms with van der Waals surface area (Å²) in [5.74, 6) is -0.301. The van der Waals surface area contributed by atoms with Gasteiger partial charge < -0.3 is 15.0 Å². The molecule has 8 nitrogen and oxygen atoms in total. The average molecular weight is 550 g/mol. The van der Waals surface area contributed by atoms with Crippen LogP contribution < -0.4 is 14.4 Å². The van der Waals surface area contributed by atoms with Gasteiger partial charge in [-0.3, -0.25) is 13.9 Å². The predicted octanol–water partition coefficient (Wildman–Crippen LogP) is 4.37. The van der Waals surface area contributed by atoms with E-state index in [0.29, 0.717) is 12.2 Å². The minimum absolute atomic E-state index is 0.0953. The van der Waals surface area contributed by atoms with Crippen molar-refractivity contribution >= 4 is 39.1 Å². The monoisotopic (exact) mass is 549 g/mol. The number of hydrogen-bond acceptors (Lipinski definition) is 5. The second-order valence-electron chi connectivity index (χ2n) is 9.36. The third kappa shape index (κ3) is 7.85. The lowest BCUT2D eigenvalue weighted by atomic mass is 9.95. The molecular formula is C27H36ClN3O5S. The Kier molecular flexibility index (Phi) is 10.2. The van der Waals surface area contributed by atoms with Crippen LogP contribution in [0.2, 0.25) is 5.02 Å². The number of nitrogens with one attached hydrogen (secondary N) is 1. The highest BCUT2D eigenvalue weighted by molar-refractivity contribution is 7.92. The van der Waals surface area contributed by atoms with Crippen LogP contribution in [0.1, 0.15) is 51.0 Å². The Morgan fingerprint density at radius 1 is 1.11 bits per heavy atom. The van der Waals surface area contributed by atoms with Gasteiger partial charge in [0.05, 0.1) is 24.1 Å². The van der Waals surface area contributed by atoms with Crippen LogP contribution in [0, 0.1) is 0 Å². The number of hydrogen-bond donors (Lipinski definition) is 1. The fourth-order valence-corrected chi connectivity index (χ4v) is 5.76. The van der Waals surface area contributed by atoms with Gasteiger partial charge in [-0.25, -0.2) is 8.42 Å². The van der Waals surface area contributed by atoms with Gasteiger partial charge in [0.2, 0.25) is 21.8 Å². The molecule has 1 saturated carbocycles. The summed E-state index contributed by atoms with van der Waals surface area (Å²) < 4.78 is 31.7. The zero-order valence-electron chi connectivity index (χ0n) is 21.7. The highest BCUT2D eigenvalue weighted by Crippen LogP contribution is 2.30. The summed E-state index contributed by atoms with van der Waals surface area (Å²) in [6.45, 7) is 1.56. The zero-order valence-corrected chi connectivity index (χ0v) is 23.2. The number of carbonyl (C=O) groups is 2. The summed E-state index contributed by atoms with van der Waals surface area (Å²) in [5, 5.41) is 3.35. The Labute approximate surface area is 225 Å². The molecule has 0 radical (unpaired) electrons. The largest absolute Gasteiger partial charge is 0.495 e. The molecule has 10 heteroatoms. The first-order valence-electron chi connectivity index (χ1n) is 12.6. The fraction of sp³-hybridized carbons (Fsp3) is 0.481. The van der Waals surface area contributed by atoms with Crippen LogP contribution in [-0.2, 0) is 26.2 Å². The molecule has 1 fully saturated rings. The molecule has 0 heterocycles. The third-order valence-corrected chi connectivity index (χ3v) is 8.07. The molecule has 202 valence electrons. The second-order valence-corrected chi connectivity index (χ2v) is 11.7. The molecule has 1 aliphatic carbocycles. The molecule has 1 N–H and O–H groups in total. The summed E-state index contributed by atoms with van der Waals surface area (Å²) in [6.07, 6.45) is 6.59. The lowest BCUT2D eigenvalue weighted by Gasteiger charge is -2.34. The Morgan fingerprint density at radius 2 is 1.78 bits per heavy atom. The second kappa shape index (κ2) is 13.1. The van der Waals surface area contributed by atoms with E-state index in [9.17, 15) is 18.0 Å². The molecule has 0 unspecified atom stereocenters. The van der Waals surface area contributed by atoms with Gasteiger partial charge in [-0.1, -0.05) is 68.1 Å². The molecule has 0 aromatic heterocycles. The number of carbonyl (C=O) groups excluding carboxylic acids is 2. The number of amides is 2. The van der Waals surface area contributed by atoms with Crippen molar-refractivity contribution < 1.29 is 22.7 Å². The van der Waals surface area contributed by atoms with Gasteiger partial charge in [0, 0.05) is 12.6 Å². The van der Waals surface area contributed by atoms with Crippen molar-refractivity contribution in [3.8, 4) is 5.75 Å². The Morgan fingerprint density at radius 3 is 2.35 bits per heavy atom. The minimum atomic E-state index is -3.85. The molecule has 2 aromatic rings. The van der Waals surface area contributed by atoms with Crippen LogP contribution in [-0.4, -0.2) is 57.1 Å². The van der Waals surface area contributed by atoms with Crippen molar-refractivity contribution in [1.82, 2.24) is 10.2 Å². The van der Waals surface area contributed by atoms with E-state index in [2.05, 4.69) is 5.32 Å². The van der Waals surface area contributed by atoms with Crippen LogP contribution in [0.15, 0.2) is 48.5 Å². The highest BCUT2D eigenvalue weighted by atomic mass is 35.5. The number of methoxy groups -OCH3 is 1. The quantitative estimate of drug-likeness (QED) is 0.449. The number of nitrogens with zero attached hydrogens (tertiary/aromatic N) is 2. The maximum absolute atomic E-state index is 13.8. The smallest absolute Gasteiger partial charge is 0.244 e. The van der Waals surface area contributed by atoms with Crippen molar-refractivity contribution in [1.29, 1.82) is 0 Å². The van der Waals surface area contributed by atoms with Crippen molar-refractivity contribution in [2.24, 2.45) is 0 Å². The molecule has 3 rings (SSSR count). The van der Waals surface area contributed by atoms with Gasteiger partial charge in [-0.2, -0.15) is 0 Å². The summed E-state index contributed by atoms with van der Waals surface area (Å²) in [5.41, 5.74) is 1.08. The van der Waals surface area contributed by atoms with Crippen LogP contribution >= 0.6 is 11.6 Å². The normalized spacial score (nSPS) is 15.0. The molecule has 0 saturated heterocycles. The number of ether oxygens (including phenoxy) is 1. The van der Waals surface area contributed by atoms with Gasteiger partial charge in [0.1, 0.15) is 18.3 Å². The summed E-state index contributed by atoms with van der Waals surface area (Å²) >= 11 is 6.24. The Bertz CT molecular complexity index is 1170. The lowest BCUT2D eigenvalue weighted by molar-refractivity contribution is -0.140.